The number of aromatic nitrogens is 2. The van der Waals surface area contributed by atoms with Crippen molar-refractivity contribution in [3.05, 3.63) is 18.2 Å². The predicted octanol–water partition coefficient (Wildman–Crippen LogP) is -2.34. The molecule has 4 atom stereocenters. The van der Waals surface area contributed by atoms with Crippen LogP contribution in [0.3, 0.4) is 0 Å². The molecule has 214 valence electrons. The van der Waals surface area contributed by atoms with Gasteiger partial charge in [-0.25, -0.2) is 9.78 Å². The molecule has 38 heavy (non-hydrogen) atoms. The van der Waals surface area contributed by atoms with Crippen molar-refractivity contribution in [2.75, 3.05) is 13.1 Å². The van der Waals surface area contributed by atoms with Gasteiger partial charge in [0.05, 0.1) is 12.4 Å². The largest absolute Gasteiger partial charge is 0.480 e. The van der Waals surface area contributed by atoms with Gasteiger partial charge in [-0.05, 0) is 44.6 Å². The molecular formula is C23H42N10O5. The number of carbonyl (C=O) groups is 4. The van der Waals surface area contributed by atoms with Crippen LogP contribution >= 0.6 is 0 Å². The lowest BCUT2D eigenvalue weighted by Crippen LogP contribution is -2.58. The van der Waals surface area contributed by atoms with Gasteiger partial charge in [-0.2, -0.15) is 0 Å². The number of amides is 3. The molecule has 1 rings (SSSR count). The maximum Gasteiger partial charge on any atom is 0.326 e. The Bertz CT molecular complexity index is 918. The zero-order chi connectivity index (χ0) is 28.7. The zero-order valence-electron chi connectivity index (χ0n) is 22.0. The van der Waals surface area contributed by atoms with Crippen LogP contribution in [0.25, 0.3) is 0 Å². The fraction of sp³-hybridized carbons (Fsp3) is 0.652. The predicted molar refractivity (Wildman–Crippen MR) is 141 cm³/mol. The van der Waals surface area contributed by atoms with E-state index in [2.05, 4.69) is 30.9 Å². The van der Waals surface area contributed by atoms with E-state index in [1.165, 1.54) is 12.5 Å². The lowest BCUT2D eigenvalue weighted by atomic mass is 10.0. The first-order valence-electron chi connectivity index (χ1n) is 12.6. The van der Waals surface area contributed by atoms with Crippen LogP contribution in [0.15, 0.2) is 17.5 Å². The van der Waals surface area contributed by atoms with Crippen molar-refractivity contribution < 1.29 is 24.3 Å². The number of nitrogens with two attached hydrogens (primary N) is 4. The monoisotopic (exact) mass is 538 g/mol. The Morgan fingerprint density at radius 3 is 2.24 bits per heavy atom. The van der Waals surface area contributed by atoms with Crippen molar-refractivity contribution >= 4 is 29.7 Å². The Kier molecular flexibility index (Phi) is 14.4. The highest BCUT2D eigenvalue weighted by molar-refractivity contribution is 5.94. The smallest absolute Gasteiger partial charge is 0.326 e. The van der Waals surface area contributed by atoms with Crippen molar-refractivity contribution in [2.24, 2.45) is 33.8 Å². The van der Waals surface area contributed by atoms with Crippen LogP contribution in [0.5, 0.6) is 0 Å². The number of carbonyl (C=O) groups excluding carboxylic acids is 3. The molecule has 0 bridgehead atoms. The molecule has 1 heterocycles. The number of aliphatic imine (C=N–C) groups is 1. The summed E-state index contributed by atoms with van der Waals surface area (Å²) in [6.45, 7) is 4.18. The van der Waals surface area contributed by atoms with Gasteiger partial charge in [0.25, 0.3) is 0 Å². The quantitative estimate of drug-likeness (QED) is 0.0545. The Labute approximate surface area is 222 Å². The first kappa shape index (κ1) is 32.3. The maximum absolute atomic E-state index is 13.2. The average Bonchev–Trinajstić information content (AvgIpc) is 3.36. The summed E-state index contributed by atoms with van der Waals surface area (Å²) in [6.07, 6.45) is 5.01. The minimum absolute atomic E-state index is 0.0236. The summed E-state index contributed by atoms with van der Waals surface area (Å²) >= 11 is 0. The van der Waals surface area contributed by atoms with Crippen LogP contribution in [-0.2, 0) is 25.6 Å². The number of aromatic amines is 1. The fourth-order valence-electron chi connectivity index (χ4n) is 3.56. The number of hydrogen-bond acceptors (Lipinski definition) is 8. The second kappa shape index (κ2) is 16.9. The van der Waals surface area contributed by atoms with Gasteiger partial charge in [-0.1, -0.05) is 13.8 Å². The molecule has 0 aliphatic rings. The van der Waals surface area contributed by atoms with Gasteiger partial charge >= 0.3 is 5.97 Å². The highest BCUT2D eigenvalue weighted by atomic mass is 16.4. The molecule has 13 N–H and O–H groups in total. The van der Waals surface area contributed by atoms with Gasteiger partial charge in [-0.3, -0.25) is 19.4 Å². The SMILES string of the molecule is CC(C)C(NC(=O)C(N)CCCN=C(N)N)C(=O)NC(Cc1cnc[nH]1)C(=O)NC(CCCCN)C(=O)O. The molecule has 0 spiro atoms. The highest BCUT2D eigenvalue weighted by Gasteiger charge is 2.32. The van der Waals surface area contributed by atoms with Crippen LogP contribution in [0.4, 0.5) is 0 Å². The molecule has 0 aromatic carbocycles. The average molecular weight is 539 g/mol. The third-order valence-corrected chi connectivity index (χ3v) is 5.72. The molecule has 15 heteroatoms. The Hall–Kier alpha value is -3.72. The number of carboxylic acids is 1. The van der Waals surface area contributed by atoms with Crippen molar-refractivity contribution in [3.8, 4) is 0 Å². The van der Waals surface area contributed by atoms with Gasteiger partial charge in [0.1, 0.15) is 18.1 Å². The summed E-state index contributed by atoms with van der Waals surface area (Å²) in [5, 5.41) is 17.3. The minimum atomic E-state index is -1.19. The summed E-state index contributed by atoms with van der Waals surface area (Å²) in [4.78, 5) is 61.2. The number of imidazole rings is 1. The number of rotatable bonds is 18. The lowest BCUT2D eigenvalue weighted by Gasteiger charge is -2.27. The van der Waals surface area contributed by atoms with Crippen LogP contribution in [0.2, 0.25) is 0 Å². The molecule has 0 aliphatic carbocycles. The molecular weight excluding hydrogens is 496 g/mol. The molecule has 0 fully saturated rings. The van der Waals surface area contributed by atoms with Gasteiger partial charge in [-0.15, -0.1) is 0 Å². The van der Waals surface area contributed by atoms with Crippen molar-refractivity contribution in [2.45, 2.75) is 76.5 Å². The Morgan fingerprint density at radius 1 is 1.00 bits per heavy atom. The Morgan fingerprint density at radius 2 is 1.68 bits per heavy atom. The molecule has 0 aliphatic heterocycles. The van der Waals surface area contributed by atoms with E-state index in [1.54, 1.807) is 13.8 Å². The molecule has 15 nitrogen and oxygen atoms in total. The van der Waals surface area contributed by atoms with Crippen LogP contribution in [0.1, 0.15) is 51.6 Å². The molecule has 1 aromatic heterocycles. The summed E-state index contributed by atoms with van der Waals surface area (Å²) < 4.78 is 0. The number of carboxylic acid groups (broad SMARTS) is 1. The van der Waals surface area contributed by atoms with Crippen molar-refractivity contribution in [1.29, 1.82) is 0 Å². The lowest BCUT2D eigenvalue weighted by molar-refractivity contribution is -0.142. The molecule has 0 radical (unpaired) electrons. The maximum atomic E-state index is 13.2. The second-order valence-corrected chi connectivity index (χ2v) is 9.31. The van der Waals surface area contributed by atoms with E-state index >= 15 is 0 Å². The van der Waals surface area contributed by atoms with E-state index in [0.717, 1.165) is 0 Å². The first-order valence-corrected chi connectivity index (χ1v) is 12.6. The highest BCUT2D eigenvalue weighted by Crippen LogP contribution is 2.08. The third-order valence-electron chi connectivity index (χ3n) is 5.72. The zero-order valence-corrected chi connectivity index (χ0v) is 22.0. The van der Waals surface area contributed by atoms with E-state index in [-0.39, 0.29) is 24.7 Å². The van der Waals surface area contributed by atoms with Crippen LogP contribution < -0.4 is 38.9 Å². The van der Waals surface area contributed by atoms with E-state index in [4.69, 9.17) is 22.9 Å². The van der Waals surface area contributed by atoms with Gasteiger partial charge < -0.3 is 49.0 Å². The number of aliphatic carboxylic acids is 1. The summed E-state index contributed by atoms with van der Waals surface area (Å²) in [5.74, 6) is -3.42. The van der Waals surface area contributed by atoms with E-state index < -0.39 is 47.9 Å². The summed E-state index contributed by atoms with van der Waals surface area (Å²) in [5.41, 5.74) is 22.5. The third kappa shape index (κ3) is 12.0. The molecule has 1 aromatic rings. The van der Waals surface area contributed by atoms with Crippen LogP contribution in [0, 0.1) is 5.92 Å². The van der Waals surface area contributed by atoms with Crippen molar-refractivity contribution in [3.63, 3.8) is 0 Å². The molecule has 0 saturated carbocycles. The van der Waals surface area contributed by atoms with E-state index in [0.29, 0.717) is 44.5 Å². The number of hydrogen-bond donors (Lipinski definition) is 9. The van der Waals surface area contributed by atoms with Crippen LogP contribution in [-0.4, -0.2) is 82.0 Å². The standard InChI is InChI=1S/C23H42N10O5/c1-13(2)18(33-19(34)15(25)6-5-9-29-23(26)27)21(36)32-17(10-14-11-28-12-30-14)20(35)31-16(22(37)38)7-3-4-8-24/h11-13,15-18H,3-10,24-25H2,1-2H3,(H,28,30)(H,31,35)(H,32,36)(H,33,34)(H,37,38)(H4,26,27,29). The number of nitrogens with one attached hydrogen (secondary N) is 4. The Balaban J connectivity index is 2.93. The summed E-state index contributed by atoms with van der Waals surface area (Å²) in [6, 6.07) is -4.17. The van der Waals surface area contributed by atoms with Gasteiger partial charge in [0, 0.05) is 24.9 Å². The number of unbranched alkanes of at least 4 members (excludes halogenated alkanes) is 1. The fourth-order valence-corrected chi connectivity index (χ4v) is 3.56. The summed E-state index contributed by atoms with van der Waals surface area (Å²) in [7, 11) is 0. The second-order valence-electron chi connectivity index (χ2n) is 9.31. The van der Waals surface area contributed by atoms with E-state index in [1.807, 2.05) is 0 Å². The number of nitrogens with zero attached hydrogens (tertiary/aromatic N) is 2. The number of H-pyrrole nitrogens is 1. The molecule has 3 amide bonds. The molecule has 4 unspecified atom stereocenters. The normalized spacial score (nSPS) is 14.1. The van der Waals surface area contributed by atoms with Crippen molar-refractivity contribution in [1.82, 2.24) is 25.9 Å². The number of guanidine groups is 1. The van der Waals surface area contributed by atoms with Gasteiger partial charge in [0.15, 0.2) is 5.96 Å². The molecule has 0 saturated heterocycles. The van der Waals surface area contributed by atoms with Gasteiger partial charge in [0.2, 0.25) is 17.7 Å². The first-order chi connectivity index (χ1) is 18.0. The minimum Gasteiger partial charge on any atom is -0.480 e. The van der Waals surface area contributed by atoms with E-state index in [9.17, 15) is 24.3 Å². The topological polar surface area (TPSA) is 270 Å².